The van der Waals surface area contributed by atoms with E-state index in [0.29, 0.717) is 25.4 Å². The Bertz CT molecular complexity index is 321. The van der Waals surface area contributed by atoms with E-state index in [0.717, 1.165) is 25.7 Å². The van der Waals surface area contributed by atoms with Crippen molar-refractivity contribution < 1.29 is 19.4 Å². The van der Waals surface area contributed by atoms with Crippen molar-refractivity contribution >= 4 is 11.9 Å². The maximum atomic E-state index is 12.4. The molecule has 1 rings (SSSR count). The molecule has 0 radical (unpaired) electrons. The third-order valence-electron chi connectivity index (χ3n) is 4.67. The van der Waals surface area contributed by atoms with E-state index in [2.05, 4.69) is 6.92 Å². The first-order valence-electron chi connectivity index (χ1n) is 9.03. The Hall–Kier alpha value is -1.06. The number of unbranched alkanes of at least 4 members (excludes halogenated alkanes) is 3. The van der Waals surface area contributed by atoms with Crippen molar-refractivity contribution in [2.45, 2.75) is 84.0 Å². The highest BCUT2D eigenvalue weighted by Gasteiger charge is 2.30. The zero-order valence-electron chi connectivity index (χ0n) is 14.0. The number of carboxylic acids is 1. The van der Waals surface area contributed by atoms with Gasteiger partial charge in [0.05, 0.1) is 12.5 Å². The largest absolute Gasteiger partial charge is 0.481 e. The topological polar surface area (TPSA) is 63.6 Å². The molecule has 1 aliphatic rings. The van der Waals surface area contributed by atoms with Crippen LogP contribution in [0.1, 0.15) is 84.0 Å². The molecule has 0 heterocycles. The number of esters is 1. The molecule has 1 atom stereocenters. The quantitative estimate of drug-likeness (QED) is 0.448. The molecule has 1 N–H and O–H groups in total. The highest BCUT2D eigenvalue weighted by Crippen LogP contribution is 2.33. The second-order valence-electron chi connectivity index (χ2n) is 6.52. The number of carbonyl (C=O) groups is 2. The molecule has 0 saturated heterocycles. The Labute approximate surface area is 134 Å². The van der Waals surface area contributed by atoms with Gasteiger partial charge in [-0.05, 0) is 38.0 Å². The fourth-order valence-electron chi connectivity index (χ4n) is 3.36. The van der Waals surface area contributed by atoms with Crippen LogP contribution in [0.2, 0.25) is 0 Å². The summed E-state index contributed by atoms with van der Waals surface area (Å²) in [4.78, 5) is 23.1. The first-order valence-corrected chi connectivity index (χ1v) is 9.03. The molecule has 4 nitrogen and oxygen atoms in total. The Kier molecular flexibility index (Phi) is 9.93. The predicted molar refractivity (Wildman–Crippen MR) is 86.7 cm³/mol. The van der Waals surface area contributed by atoms with Gasteiger partial charge in [0.1, 0.15) is 0 Å². The summed E-state index contributed by atoms with van der Waals surface area (Å²) < 4.78 is 5.48. The Morgan fingerprint density at radius 2 is 1.82 bits per heavy atom. The number of carbonyl (C=O) groups excluding carboxylic acids is 1. The molecule has 1 aliphatic carbocycles. The number of hydrogen-bond donors (Lipinski definition) is 1. The fourth-order valence-corrected chi connectivity index (χ4v) is 3.36. The molecule has 1 unspecified atom stereocenters. The smallest absolute Gasteiger partial charge is 0.309 e. The zero-order chi connectivity index (χ0) is 16.2. The van der Waals surface area contributed by atoms with Crippen LogP contribution in [0.3, 0.4) is 0 Å². The number of carboxylic acid groups (broad SMARTS) is 1. The third kappa shape index (κ3) is 7.81. The summed E-state index contributed by atoms with van der Waals surface area (Å²) in [6.07, 6.45) is 11.6. The van der Waals surface area contributed by atoms with Crippen LogP contribution in [0.25, 0.3) is 0 Å². The van der Waals surface area contributed by atoms with E-state index in [1.165, 1.54) is 32.1 Å². The van der Waals surface area contributed by atoms with Crippen LogP contribution in [-0.2, 0) is 14.3 Å². The normalized spacial score (nSPS) is 17.1. The van der Waals surface area contributed by atoms with Crippen LogP contribution in [-0.4, -0.2) is 23.7 Å². The van der Waals surface area contributed by atoms with Crippen molar-refractivity contribution in [3.8, 4) is 0 Å². The maximum Gasteiger partial charge on any atom is 0.309 e. The number of ether oxygens (including phenoxy) is 1. The lowest BCUT2D eigenvalue weighted by Crippen LogP contribution is -2.28. The average molecular weight is 312 g/mol. The molecule has 0 spiro atoms. The lowest BCUT2D eigenvalue weighted by Gasteiger charge is -2.28. The minimum atomic E-state index is -0.782. The van der Waals surface area contributed by atoms with Crippen LogP contribution >= 0.6 is 0 Å². The van der Waals surface area contributed by atoms with E-state index < -0.39 is 5.97 Å². The van der Waals surface area contributed by atoms with Gasteiger partial charge in [-0.15, -0.1) is 0 Å². The van der Waals surface area contributed by atoms with E-state index in [1.807, 2.05) is 0 Å². The summed E-state index contributed by atoms with van der Waals surface area (Å²) in [5, 5.41) is 8.78. The van der Waals surface area contributed by atoms with Crippen molar-refractivity contribution in [2.24, 2.45) is 11.8 Å². The fraction of sp³-hybridized carbons (Fsp3) is 0.889. The molecule has 22 heavy (non-hydrogen) atoms. The molecule has 4 heteroatoms. The third-order valence-corrected chi connectivity index (χ3v) is 4.67. The first kappa shape index (κ1) is 19.0. The van der Waals surface area contributed by atoms with Gasteiger partial charge in [-0.3, -0.25) is 9.59 Å². The lowest BCUT2D eigenvalue weighted by atomic mass is 9.78. The van der Waals surface area contributed by atoms with Crippen LogP contribution < -0.4 is 0 Å². The van der Waals surface area contributed by atoms with Crippen molar-refractivity contribution in [3.63, 3.8) is 0 Å². The maximum absolute atomic E-state index is 12.4. The Morgan fingerprint density at radius 1 is 1.09 bits per heavy atom. The van der Waals surface area contributed by atoms with Crippen LogP contribution in [0.4, 0.5) is 0 Å². The van der Waals surface area contributed by atoms with Gasteiger partial charge in [0.25, 0.3) is 0 Å². The van der Waals surface area contributed by atoms with Crippen LogP contribution in [0.15, 0.2) is 0 Å². The Morgan fingerprint density at radius 3 is 2.45 bits per heavy atom. The highest BCUT2D eigenvalue weighted by molar-refractivity contribution is 5.73. The van der Waals surface area contributed by atoms with Crippen molar-refractivity contribution in [2.75, 3.05) is 6.61 Å². The first-order chi connectivity index (χ1) is 10.6. The molecular formula is C18H32O4. The van der Waals surface area contributed by atoms with E-state index >= 15 is 0 Å². The van der Waals surface area contributed by atoms with Crippen molar-refractivity contribution in [3.05, 3.63) is 0 Å². The average Bonchev–Trinajstić information content (AvgIpc) is 2.52. The van der Waals surface area contributed by atoms with Gasteiger partial charge in [-0.25, -0.2) is 0 Å². The molecule has 0 amide bonds. The molecule has 0 aromatic rings. The summed E-state index contributed by atoms with van der Waals surface area (Å²) in [5.74, 6) is -0.569. The summed E-state index contributed by atoms with van der Waals surface area (Å²) >= 11 is 0. The molecular weight excluding hydrogens is 280 g/mol. The number of hydrogen-bond acceptors (Lipinski definition) is 3. The van der Waals surface area contributed by atoms with Gasteiger partial charge in [0.2, 0.25) is 0 Å². The van der Waals surface area contributed by atoms with E-state index in [1.54, 1.807) is 0 Å². The standard InChI is InChI=1S/C18H32O4/c1-2-3-4-8-14-22-18(21)16(12-9-13-17(19)20)15-10-6-5-7-11-15/h15-16H,2-14H2,1H3,(H,19,20). The number of rotatable bonds is 11. The molecule has 1 fully saturated rings. The minimum absolute atomic E-state index is 0.0891. The van der Waals surface area contributed by atoms with Crippen LogP contribution in [0, 0.1) is 11.8 Å². The van der Waals surface area contributed by atoms with Gasteiger partial charge < -0.3 is 9.84 Å². The zero-order valence-corrected chi connectivity index (χ0v) is 14.0. The summed E-state index contributed by atoms with van der Waals surface area (Å²) in [5.41, 5.74) is 0. The van der Waals surface area contributed by atoms with E-state index in [4.69, 9.17) is 9.84 Å². The molecule has 128 valence electrons. The van der Waals surface area contributed by atoms with Crippen molar-refractivity contribution in [1.82, 2.24) is 0 Å². The summed E-state index contributed by atoms with van der Waals surface area (Å²) in [6, 6.07) is 0. The monoisotopic (exact) mass is 312 g/mol. The van der Waals surface area contributed by atoms with Gasteiger partial charge in [0.15, 0.2) is 0 Å². The van der Waals surface area contributed by atoms with Gasteiger partial charge >= 0.3 is 11.9 Å². The summed E-state index contributed by atoms with van der Waals surface area (Å²) in [6.45, 7) is 2.68. The number of aliphatic carboxylic acids is 1. The summed E-state index contributed by atoms with van der Waals surface area (Å²) in [7, 11) is 0. The SMILES string of the molecule is CCCCCCOC(=O)C(CCCC(=O)O)C1CCCCC1. The van der Waals surface area contributed by atoms with Crippen LogP contribution in [0.5, 0.6) is 0 Å². The Balaban J connectivity index is 2.40. The second kappa shape index (κ2) is 11.5. The van der Waals surface area contributed by atoms with E-state index in [-0.39, 0.29) is 18.3 Å². The molecule has 0 bridgehead atoms. The molecule has 0 aliphatic heterocycles. The van der Waals surface area contributed by atoms with Gasteiger partial charge in [0, 0.05) is 6.42 Å². The minimum Gasteiger partial charge on any atom is -0.481 e. The van der Waals surface area contributed by atoms with E-state index in [9.17, 15) is 9.59 Å². The predicted octanol–water partition coefficient (Wildman–Crippen LogP) is 4.56. The second-order valence-corrected chi connectivity index (χ2v) is 6.52. The molecule has 0 aromatic heterocycles. The highest BCUT2D eigenvalue weighted by atomic mass is 16.5. The molecule has 0 aromatic carbocycles. The van der Waals surface area contributed by atoms with Crippen molar-refractivity contribution in [1.29, 1.82) is 0 Å². The molecule has 1 saturated carbocycles. The van der Waals surface area contributed by atoms with Gasteiger partial charge in [-0.2, -0.15) is 0 Å². The lowest BCUT2D eigenvalue weighted by molar-refractivity contribution is -0.152. The van der Waals surface area contributed by atoms with Gasteiger partial charge in [-0.1, -0.05) is 45.4 Å².